The van der Waals surface area contributed by atoms with Crippen LogP contribution in [-0.2, 0) is 6.54 Å². The number of aromatic nitrogens is 2. The Hall–Kier alpha value is -0.0887. The molecule has 0 spiro atoms. The van der Waals surface area contributed by atoms with E-state index in [4.69, 9.17) is 0 Å². The van der Waals surface area contributed by atoms with Gasteiger partial charge in [0.2, 0.25) is 0 Å². The van der Waals surface area contributed by atoms with Gasteiger partial charge in [0.1, 0.15) is 0 Å². The van der Waals surface area contributed by atoms with E-state index in [0.717, 1.165) is 10.8 Å². The van der Waals surface area contributed by atoms with E-state index in [9.17, 15) is 22.5 Å². The van der Waals surface area contributed by atoms with Gasteiger partial charge < -0.3 is 12.9 Å². The number of aromatic amines is 1. The van der Waals surface area contributed by atoms with E-state index in [0.29, 0.717) is 0 Å². The molecule has 0 aliphatic heterocycles. The third kappa shape index (κ3) is 4.59. The van der Waals surface area contributed by atoms with Gasteiger partial charge in [0.15, 0.2) is 0 Å². The molecule has 9 heteroatoms. The van der Waals surface area contributed by atoms with Gasteiger partial charge in [0.05, 0.1) is 0 Å². The van der Waals surface area contributed by atoms with Gasteiger partial charge in [-0.05, 0) is 6.92 Å². The predicted molar refractivity (Wildman–Crippen MR) is 54.3 cm³/mol. The fourth-order valence-electron chi connectivity index (χ4n) is 1.06. The van der Waals surface area contributed by atoms with Gasteiger partial charge in [-0.2, -0.15) is 0 Å². The van der Waals surface area contributed by atoms with Crippen molar-refractivity contribution in [1.29, 1.82) is 0 Å². The molecule has 0 saturated carbocycles. The maximum atomic E-state index is 12.2. The molecule has 0 bridgehead atoms. The SMILES string of the molecule is C=C(Cn1cc(C)c(=O)[nH]c1=O)[B-](F)(F)F.[K+]. The minimum absolute atomic E-state index is 0. The molecule has 1 rings (SSSR count). The van der Waals surface area contributed by atoms with E-state index in [2.05, 4.69) is 6.58 Å². The van der Waals surface area contributed by atoms with Crippen molar-refractivity contribution in [2.24, 2.45) is 0 Å². The summed E-state index contributed by atoms with van der Waals surface area (Å²) >= 11 is 0. The summed E-state index contributed by atoms with van der Waals surface area (Å²) in [7, 11) is 0. The maximum absolute atomic E-state index is 12.2. The molecule has 1 N–H and O–H groups in total. The summed E-state index contributed by atoms with van der Waals surface area (Å²) in [6.45, 7) is -1.58. The van der Waals surface area contributed by atoms with Crippen LogP contribution in [0, 0.1) is 6.92 Å². The number of allylic oxidation sites excluding steroid dienone is 1. The zero-order chi connectivity index (χ0) is 12.5. The summed E-state index contributed by atoms with van der Waals surface area (Å²) < 4.78 is 37.4. The number of halogens is 3. The van der Waals surface area contributed by atoms with E-state index in [1.807, 2.05) is 4.98 Å². The molecule has 0 amide bonds. The molecule has 0 radical (unpaired) electrons. The summed E-state index contributed by atoms with van der Waals surface area (Å²) in [5.41, 5.74) is -2.31. The number of nitrogens with one attached hydrogen (secondary N) is 1. The molecule has 0 saturated heterocycles. The first-order valence-corrected chi connectivity index (χ1v) is 4.40. The smallest absolute Gasteiger partial charge is 0.445 e. The summed E-state index contributed by atoms with van der Waals surface area (Å²) in [6, 6.07) is 0. The first-order valence-electron chi connectivity index (χ1n) is 4.40. The Morgan fingerprint density at radius 2 is 2.00 bits per heavy atom. The van der Waals surface area contributed by atoms with Crippen LogP contribution in [0.5, 0.6) is 0 Å². The van der Waals surface area contributed by atoms with Gasteiger partial charge in [0.25, 0.3) is 5.56 Å². The average molecular weight is 272 g/mol. The summed E-state index contributed by atoms with van der Waals surface area (Å²) in [5, 5.41) is 0. The minimum atomic E-state index is -5.18. The first kappa shape index (κ1) is 16.9. The molecule has 1 aromatic rings. The Kier molecular flexibility index (Phi) is 6.16. The number of nitrogens with zero attached hydrogens (tertiary/aromatic N) is 1. The zero-order valence-corrected chi connectivity index (χ0v) is 12.6. The number of hydrogen-bond donors (Lipinski definition) is 1. The van der Waals surface area contributed by atoms with E-state index in [1.54, 1.807) is 0 Å². The maximum Gasteiger partial charge on any atom is 1.00 e. The molecule has 0 aliphatic rings. The monoisotopic (exact) mass is 272 g/mol. The van der Waals surface area contributed by atoms with Crippen molar-refractivity contribution in [1.82, 2.24) is 9.55 Å². The summed E-state index contributed by atoms with van der Waals surface area (Å²) in [5.74, 6) is 0. The molecule has 0 atom stereocenters. The average Bonchev–Trinajstić information content (AvgIpc) is 2.12. The predicted octanol–water partition coefficient (Wildman–Crippen LogP) is -2.21. The van der Waals surface area contributed by atoms with E-state index >= 15 is 0 Å². The van der Waals surface area contributed by atoms with Crippen molar-refractivity contribution >= 4 is 6.98 Å². The van der Waals surface area contributed by atoms with Crippen molar-refractivity contribution in [3.63, 3.8) is 0 Å². The Morgan fingerprint density at radius 3 is 2.47 bits per heavy atom. The van der Waals surface area contributed by atoms with Gasteiger partial charge >= 0.3 is 64.1 Å². The molecule has 0 fully saturated rings. The third-order valence-corrected chi connectivity index (χ3v) is 2.03. The fraction of sp³-hybridized carbons (Fsp3) is 0.250. The van der Waals surface area contributed by atoms with E-state index in [1.165, 1.54) is 6.92 Å². The van der Waals surface area contributed by atoms with Crippen LogP contribution in [0.2, 0.25) is 0 Å². The molecule has 4 nitrogen and oxygen atoms in total. The third-order valence-electron chi connectivity index (χ3n) is 2.03. The summed E-state index contributed by atoms with van der Waals surface area (Å²) in [6.07, 6.45) is 1.08. The second-order valence-corrected chi connectivity index (χ2v) is 3.43. The van der Waals surface area contributed by atoms with Crippen LogP contribution in [0.15, 0.2) is 27.8 Å². The van der Waals surface area contributed by atoms with Crippen LogP contribution in [0.25, 0.3) is 0 Å². The van der Waals surface area contributed by atoms with Crippen LogP contribution in [0.3, 0.4) is 0 Å². The van der Waals surface area contributed by atoms with Crippen LogP contribution in [0.4, 0.5) is 12.9 Å². The number of hydrogen-bond acceptors (Lipinski definition) is 2. The second-order valence-electron chi connectivity index (χ2n) is 3.43. The molecule has 17 heavy (non-hydrogen) atoms. The number of rotatable bonds is 3. The Morgan fingerprint density at radius 1 is 1.47 bits per heavy atom. The van der Waals surface area contributed by atoms with Crippen LogP contribution < -0.4 is 62.6 Å². The fourth-order valence-corrected chi connectivity index (χ4v) is 1.06. The van der Waals surface area contributed by atoms with E-state index < -0.39 is 30.2 Å². The van der Waals surface area contributed by atoms with Crippen molar-refractivity contribution in [3.05, 3.63) is 44.6 Å². The van der Waals surface area contributed by atoms with Crippen LogP contribution >= 0.6 is 0 Å². The largest absolute Gasteiger partial charge is 1.00 e. The van der Waals surface area contributed by atoms with Crippen molar-refractivity contribution in [2.45, 2.75) is 13.5 Å². The van der Waals surface area contributed by atoms with Gasteiger partial charge in [-0.1, -0.05) is 0 Å². The molecule has 0 aliphatic carbocycles. The van der Waals surface area contributed by atoms with Gasteiger partial charge in [-0.15, -0.1) is 12.1 Å². The van der Waals surface area contributed by atoms with Gasteiger partial charge in [-0.3, -0.25) is 14.3 Å². The van der Waals surface area contributed by atoms with Gasteiger partial charge in [-0.25, -0.2) is 4.79 Å². The van der Waals surface area contributed by atoms with E-state index in [-0.39, 0.29) is 56.9 Å². The number of aryl methyl sites for hydroxylation is 1. The Bertz CT molecular complexity index is 535. The zero-order valence-electron chi connectivity index (χ0n) is 9.47. The topological polar surface area (TPSA) is 54.9 Å². The molecule has 88 valence electrons. The Labute approximate surface area is 137 Å². The van der Waals surface area contributed by atoms with Crippen LogP contribution in [-0.4, -0.2) is 16.5 Å². The van der Waals surface area contributed by atoms with Crippen LogP contribution in [0.1, 0.15) is 5.56 Å². The Balaban J connectivity index is 0.00000256. The standard InChI is InChI=1S/C8H9BF3N2O2.K/c1-5-3-14(8(16)13-7(5)15)4-6(2)9(10,11)12;/h3H,2,4H2,1H3,(H,13,15,16);/q-1;+1. The quantitative estimate of drug-likeness (QED) is 0.634. The van der Waals surface area contributed by atoms with Crippen molar-refractivity contribution in [2.75, 3.05) is 0 Å². The normalized spacial score (nSPS) is 10.8. The molecular formula is C8H9BF3KN2O2. The van der Waals surface area contributed by atoms with Crippen molar-refractivity contribution in [3.8, 4) is 0 Å². The summed E-state index contributed by atoms with van der Waals surface area (Å²) in [4.78, 5) is 24.0. The molecular weight excluding hydrogens is 263 g/mol. The second kappa shape index (κ2) is 6.19. The molecule has 1 heterocycles. The van der Waals surface area contributed by atoms with Crippen molar-refractivity contribution < 1.29 is 64.3 Å². The molecule has 1 aromatic heterocycles. The molecule has 0 unspecified atom stereocenters. The van der Waals surface area contributed by atoms with Gasteiger partial charge in [0, 0.05) is 18.3 Å². The minimum Gasteiger partial charge on any atom is -0.445 e. The first-order chi connectivity index (χ1) is 7.21. The molecule has 0 aromatic carbocycles. The number of H-pyrrole nitrogens is 1.